The number of thiazole rings is 1. The standard InChI is InChI=1S/C32H38N3S/c1-19(2)22-13-12-14-23(20(3)4)29(22)35-27-16-11-10-15-26(27)34(9)30(35)24-18-25-28(17-21(24)5)36-31(33-25)32(6,7)8/h10-20H,1-9H3/q+1. The second kappa shape index (κ2) is 8.85. The Balaban J connectivity index is 1.92. The van der Waals surface area contributed by atoms with Gasteiger partial charge in [-0.3, -0.25) is 0 Å². The number of benzene rings is 3. The van der Waals surface area contributed by atoms with Gasteiger partial charge in [0.2, 0.25) is 0 Å². The van der Waals surface area contributed by atoms with E-state index in [1.165, 1.54) is 54.5 Å². The summed E-state index contributed by atoms with van der Waals surface area (Å²) in [7, 11) is 2.20. The van der Waals surface area contributed by atoms with E-state index in [0.717, 1.165) is 5.52 Å². The molecule has 5 rings (SSSR count). The number of fused-ring (bicyclic) bond motifs is 2. The molecule has 0 saturated carbocycles. The third-order valence-electron chi connectivity index (χ3n) is 7.20. The van der Waals surface area contributed by atoms with E-state index in [-0.39, 0.29) is 5.41 Å². The Labute approximate surface area is 219 Å². The van der Waals surface area contributed by atoms with Crippen LogP contribution in [0.3, 0.4) is 0 Å². The quantitative estimate of drug-likeness (QED) is 0.228. The predicted octanol–water partition coefficient (Wildman–Crippen LogP) is 8.58. The first-order valence-corrected chi connectivity index (χ1v) is 13.9. The number of rotatable bonds is 4. The number of hydrogen-bond acceptors (Lipinski definition) is 2. The van der Waals surface area contributed by atoms with E-state index in [9.17, 15) is 0 Å². The van der Waals surface area contributed by atoms with E-state index in [0.29, 0.717) is 11.8 Å². The topological polar surface area (TPSA) is 21.7 Å². The van der Waals surface area contributed by atoms with Crippen LogP contribution in [0.1, 0.15) is 82.0 Å². The van der Waals surface area contributed by atoms with E-state index >= 15 is 0 Å². The fraction of sp³-hybridized carbons (Fsp3) is 0.375. The SMILES string of the molecule is Cc1cc2sc(C(C)(C)C)nc2cc1-c1n(-c2c(C(C)C)cccc2C(C)C)c2ccccc2[n+]1C. The summed E-state index contributed by atoms with van der Waals surface area (Å²) < 4.78 is 6.14. The molecule has 4 heteroatoms. The van der Waals surface area contributed by atoms with Crippen molar-refractivity contribution in [2.75, 3.05) is 0 Å². The van der Waals surface area contributed by atoms with Crippen molar-refractivity contribution in [3.63, 3.8) is 0 Å². The molecule has 0 aliphatic rings. The van der Waals surface area contributed by atoms with Gasteiger partial charge in [0.05, 0.1) is 27.8 Å². The maximum absolute atomic E-state index is 5.09. The molecule has 0 spiro atoms. The number of nitrogens with zero attached hydrogens (tertiary/aromatic N) is 3. The average molecular weight is 497 g/mol. The molecule has 0 aliphatic heterocycles. The summed E-state index contributed by atoms with van der Waals surface area (Å²) in [6.07, 6.45) is 0. The predicted molar refractivity (Wildman–Crippen MR) is 155 cm³/mol. The van der Waals surface area contributed by atoms with Gasteiger partial charge in [0.1, 0.15) is 5.69 Å². The number of imidazole rings is 1. The lowest BCUT2D eigenvalue weighted by molar-refractivity contribution is -0.633. The van der Waals surface area contributed by atoms with Gasteiger partial charge in [0, 0.05) is 16.5 Å². The Hall–Kier alpha value is -2.98. The molecule has 36 heavy (non-hydrogen) atoms. The van der Waals surface area contributed by atoms with Crippen molar-refractivity contribution in [3.8, 4) is 17.1 Å². The van der Waals surface area contributed by atoms with Crippen LogP contribution in [-0.4, -0.2) is 9.55 Å². The van der Waals surface area contributed by atoms with Crippen LogP contribution in [0.4, 0.5) is 0 Å². The average Bonchev–Trinajstić information content (AvgIpc) is 3.36. The van der Waals surface area contributed by atoms with E-state index in [2.05, 4.69) is 126 Å². The molecule has 3 nitrogen and oxygen atoms in total. The van der Waals surface area contributed by atoms with Crippen molar-refractivity contribution >= 4 is 32.6 Å². The number of aryl methyl sites for hydroxylation is 2. The molecule has 2 heterocycles. The van der Waals surface area contributed by atoms with E-state index in [1.54, 1.807) is 0 Å². The Kier molecular flexibility index (Phi) is 6.07. The van der Waals surface area contributed by atoms with Crippen LogP contribution >= 0.6 is 11.3 Å². The fourth-order valence-electron chi connectivity index (χ4n) is 5.25. The molecule has 0 N–H and O–H groups in total. The normalized spacial score (nSPS) is 12.5. The van der Waals surface area contributed by atoms with Crippen LogP contribution in [0, 0.1) is 6.92 Å². The van der Waals surface area contributed by atoms with Crippen molar-refractivity contribution in [2.45, 2.75) is 72.6 Å². The molecule has 0 radical (unpaired) electrons. The lowest BCUT2D eigenvalue weighted by atomic mass is 9.92. The number of para-hydroxylation sites is 3. The summed E-state index contributed by atoms with van der Waals surface area (Å²) in [5, 5.41) is 1.19. The number of hydrogen-bond donors (Lipinski definition) is 0. The van der Waals surface area contributed by atoms with Crippen LogP contribution in [0.15, 0.2) is 54.6 Å². The van der Waals surface area contributed by atoms with Crippen molar-refractivity contribution in [2.24, 2.45) is 7.05 Å². The van der Waals surface area contributed by atoms with E-state index < -0.39 is 0 Å². The van der Waals surface area contributed by atoms with Gasteiger partial charge < -0.3 is 0 Å². The summed E-state index contributed by atoms with van der Waals surface area (Å²) in [5.41, 5.74) is 10.2. The first kappa shape index (κ1) is 24.7. The lowest BCUT2D eigenvalue weighted by Gasteiger charge is -2.18. The molecule has 0 bridgehead atoms. The van der Waals surface area contributed by atoms with Gasteiger partial charge in [-0.15, -0.1) is 11.3 Å². The van der Waals surface area contributed by atoms with Crippen LogP contribution < -0.4 is 4.57 Å². The minimum absolute atomic E-state index is 0.0414. The summed E-state index contributed by atoms with van der Waals surface area (Å²) in [6, 6.07) is 20.3. The number of aromatic nitrogens is 3. The van der Waals surface area contributed by atoms with Gasteiger partial charge in [-0.2, -0.15) is 4.57 Å². The summed E-state index contributed by atoms with van der Waals surface area (Å²) >= 11 is 1.82. The van der Waals surface area contributed by atoms with Gasteiger partial charge in [-0.1, -0.05) is 78.8 Å². The zero-order valence-corrected chi connectivity index (χ0v) is 23.9. The first-order chi connectivity index (χ1) is 17.0. The second-order valence-electron chi connectivity index (χ2n) is 11.7. The van der Waals surface area contributed by atoms with Crippen molar-refractivity contribution in [1.29, 1.82) is 0 Å². The van der Waals surface area contributed by atoms with E-state index in [1.807, 2.05) is 11.3 Å². The van der Waals surface area contributed by atoms with Gasteiger partial charge in [0.25, 0.3) is 5.82 Å². The summed E-state index contributed by atoms with van der Waals surface area (Å²) in [6.45, 7) is 18.2. The molecule has 0 amide bonds. The molecular weight excluding hydrogens is 458 g/mol. The molecule has 0 fully saturated rings. The molecule has 0 atom stereocenters. The Morgan fingerprint density at radius 2 is 1.53 bits per heavy atom. The minimum Gasteiger partial charge on any atom is -0.241 e. The maximum Gasteiger partial charge on any atom is 0.295 e. The monoisotopic (exact) mass is 496 g/mol. The summed E-state index contributed by atoms with van der Waals surface area (Å²) in [5.74, 6) is 2.03. The Morgan fingerprint density at radius 3 is 2.14 bits per heavy atom. The summed E-state index contributed by atoms with van der Waals surface area (Å²) in [4.78, 5) is 5.09. The largest absolute Gasteiger partial charge is 0.295 e. The molecule has 5 aromatic rings. The zero-order chi connectivity index (χ0) is 25.9. The highest BCUT2D eigenvalue weighted by molar-refractivity contribution is 7.18. The molecule has 0 aliphatic carbocycles. The highest BCUT2D eigenvalue weighted by Gasteiger charge is 2.31. The fourth-order valence-corrected chi connectivity index (χ4v) is 6.35. The van der Waals surface area contributed by atoms with Crippen LogP contribution in [0.5, 0.6) is 0 Å². The zero-order valence-electron chi connectivity index (χ0n) is 23.1. The first-order valence-electron chi connectivity index (χ1n) is 13.0. The van der Waals surface area contributed by atoms with Crippen molar-refractivity contribution in [3.05, 3.63) is 76.3 Å². The van der Waals surface area contributed by atoms with Gasteiger partial charge in [-0.05, 0) is 48.6 Å². The van der Waals surface area contributed by atoms with Crippen molar-refractivity contribution < 1.29 is 4.57 Å². The van der Waals surface area contributed by atoms with Crippen LogP contribution in [-0.2, 0) is 12.5 Å². The van der Waals surface area contributed by atoms with Gasteiger partial charge in [-0.25, -0.2) is 9.55 Å². The minimum atomic E-state index is 0.0414. The third-order valence-corrected chi connectivity index (χ3v) is 8.64. The Bertz CT molecular complexity index is 1570. The Morgan fingerprint density at radius 1 is 0.889 bits per heavy atom. The van der Waals surface area contributed by atoms with Gasteiger partial charge >= 0.3 is 0 Å². The second-order valence-corrected chi connectivity index (χ2v) is 12.7. The molecular formula is C32H38N3S+. The van der Waals surface area contributed by atoms with Crippen LogP contribution in [0.2, 0.25) is 0 Å². The molecule has 0 saturated heterocycles. The van der Waals surface area contributed by atoms with Gasteiger partial charge in [0.15, 0.2) is 11.0 Å². The molecule has 3 aromatic carbocycles. The molecule has 186 valence electrons. The molecule has 2 aromatic heterocycles. The lowest BCUT2D eigenvalue weighted by Crippen LogP contribution is -2.30. The maximum atomic E-state index is 5.09. The highest BCUT2D eigenvalue weighted by Crippen LogP contribution is 2.39. The third kappa shape index (κ3) is 3.96. The highest BCUT2D eigenvalue weighted by atomic mass is 32.1. The van der Waals surface area contributed by atoms with E-state index in [4.69, 9.17) is 4.98 Å². The smallest absolute Gasteiger partial charge is 0.241 e. The van der Waals surface area contributed by atoms with Crippen LogP contribution in [0.25, 0.3) is 38.3 Å². The van der Waals surface area contributed by atoms with Crippen molar-refractivity contribution in [1.82, 2.24) is 9.55 Å². The molecule has 0 unspecified atom stereocenters.